The van der Waals surface area contributed by atoms with Gasteiger partial charge in [-0.3, -0.25) is 4.79 Å². The molecule has 1 N–H and O–H groups in total. The van der Waals surface area contributed by atoms with Crippen LogP contribution in [0.25, 0.3) is 0 Å². The van der Waals surface area contributed by atoms with E-state index < -0.39 is 0 Å². The highest BCUT2D eigenvalue weighted by molar-refractivity contribution is 5.87. The van der Waals surface area contributed by atoms with Crippen LogP contribution in [-0.2, 0) is 4.79 Å². The fraction of sp³-hybridized carbons (Fsp3) is 0.909. The molecular formula is C11H20N2O. The van der Waals surface area contributed by atoms with Crippen molar-refractivity contribution in [1.29, 1.82) is 0 Å². The number of amides is 1. The average molecular weight is 196 g/mol. The quantitative estimate of drug-likeness (QED) is 0.664. The molecule has 0 radical (unpaired) electrons. The van der Waals surface area contributed by atoms with E-state index in [0.29, 0.717) is 5.91 Å². The maximum absolute atomic E-state index is 11.7. The SMILES string of the molecule is CC1(C)CN(CC2CCNCC2)C1=O. The molecule has 80 valence electrons. The van der Waals surface area contributed by atoms with E-state index in [4.69, 9.17) is 0 Å². The number of nitrogens with zero attached hydrogens (tertiary/aromatic N) is 1. The third-order valence-electron chi connectivity index (χ3n) is 3.39. The summed E-state index contributed by atoms with van der Waals surface area (Å²) in [5.74, 6) is 1.08. The minimum atomic E-state index is -0.0765. The zero-order chi connectivity index (χ0) is 10.2. The summed E-state index contributed by atoms with van der Waals surface area (Å²) in [6.45, 7) is 8.26. The first-order chi connectivity index (χ1) is 6.59. The zero-order valence-electron chi connectivity index (χ0n) is 9.18. The molecule has 2 fully saturated rings. The first-order valence-electron chi connectivity index (χ1n) is 5.60. The Balaban J connectivity index is 1.79. The summed E-state index contributed by atoms with van der Waals surface area (Å²) >= 11 is 0. The normalized spacial score (nSPS) is 27.6. The summed E-state index contributed by atoms with van der Waals surface area (Å²) in [5, 5.41) is 3.35. The number of carbonyl (C=O) groups excluding carboxylic acids is 1. The summed E-state index contributed by atoms with van der Waals surface area (Å²) in [7, 11) is 0. The number of rotatable bonds is 2. The Hall–Kier alpha value is -0.570. The fourth-order valence-corrected chi connectivity index (χ4v) is 2.48. The molecule has 0 bridgehead atoms. The third-order valence-corrected chi connectivity index (χ3v) is 3.39. The molecule has 0 saturated carbocycles. The van der Waals surface area contributed by atoms with E-state index in [1.807, 2.05) is 18.7 Å². The van der Waals surface area contributed by atoms with Crippen molar-refractivity contribution in [3.63, 3.8) is 0 Å². The molecule has 2 aliphatic rings. The lowest BCUT2D eigenvalue weighted by Gasteiger charge is -2.46. The molecule has 3 nitrogen and oxygen atoms in total. The van der Waals surface area contributed by atoms with Crippen LogP contribution < -0.4 is 5.32 Å². The van der Waals surface area contributed by atoms with Crippen LogP contribution in [0, 0.1) is 11.3 Å². The highest BCUT2D eigenvalue weighted by atomic mass is 16.2. The molecule has 2 aliphatic heterocycles. The van der Waals surface area contributed by atoms with Gasteiger partial charge in [0, 0.05) is 13.1 Å². The maximum atomic E-state index is 11.7. The summed E-state index contributed by atoms with van der Waals surface area (Å²) in [5.41, 5.74) is -0.0765. The van der Waals surface area contributed by atoms with Gasteiger partial charge in [-0.2, -0.15) is 0 Å². The van der Waals surface area contributed by atoms with Crippen LogP contribution in [0.1, 0.15) is 26.7 Å². The lowest BCUT2D eigenvalue weighted by atomic mass is 9.82. The molecule has 0 aliphatic carbocycles. The molecule has 1 amide bonds. The van der Waals surface area contributed by atoms with E-state index in [1.54, 1.807) is 0 Å². The minimum Gasteiger partial charge on any atom is -0.341 e. The van der Waals surface area contributed by atoms with Gasteiger partial charge in [0.1, 0.15) is 0 Å². The van der Waals surface area contributed by atoms with Crippen LogP contribution in [0.5, 0.6) is 0 Å². The van der Waals surface area contributed by atoms with Crippen LogP contribution in [-0.4, -0.2) is 37.0 Å². The monoisotopic (exact) mass is 196 g/mol. The van der Waals surface area contributed by atoms with Crippen LogP contribution in [0.2, 0.25) is 0 Å². The Kier molecular flexibility index (Phi) is 2.52. The standard InChI is InChI=1S/C11H20N2O/c1-11(2)8-13(10(11)14)7-9-3-5-12-6-4-9/h9,12H,3-8H2,1-2H3. The van der Waals surface area contributed by atoms with Crippen molar-refractivity contribution in [2.24, 2.45) is 11.3 Å². The predicted octanol–water partition coefficient (Wildman–Crippen LogP) is 0.854. The molecule has 2 saturated heterocycles. The van der Waals surface area contributed by atoms with Crippen molar-refractivity contribution >= 4 is 5.91 Å². The van der Waals surface area contributed by atoms with Gasteiger partial charge in [-0.15, -0.1) is 0 Å². The van der Waals surface area contributed by atoms with Gasteiger partial charge in [0.15, 0.2) is 0 Å². The van der Waals surface area contributed by atoms with Crippen LogP contribution in [0.15, 0.2) is 0 Å². The molecule has 3 heteroatoms. The molecule has 2 rings (SSSR count). The molecule has 0 spiro atoms. The molecule has 0 atom stereocenters. The second-order valence-electron chi connectivity index (χ2n) is 5.26. The van der Waals surface area contributed by atoms with E-state index in [2.05, 4.69) is 5.32 Å². The highest BCUT2D eigenvalue weighted by Crippen LogP contribution is 2.32. The fourth-order valence-electron chi connectivity index (χ4n) is 2.48. The van der Waals surface area contributed by atoms with E-state index in [0.717, 1.165) is 32.1 Å². The van der Waals surface area contributed by atoms with Crippen molar-refractivity contribution in [2.45, 2.75) is 26.7 Å². The average Bonchev–Trinajstić information content (AvgIpc) is 2.18. The van der Waals surface area contributed by atoms with E-state index >= 15 is 0 Å². The Labute approximate surface area is 85.8 Å². The molecule has 14 heavy (non-hydrogen) atoms. The topological polar surface area (TPSA) is 32.3 Å². The minimum absolute atomic E-state index is 0.0765. The Morgan fingerprint density at radius 3 is 2.57 bits per heavy atom. The Bertz CT molecular complexity index is 231. The van der Waals surface area contributed by atoms with Crippen molar-refractivity contribution in [3.05, 3.63) is 0 Å². The maximum Gasteiger partial charge on any atom is 0.230 e. The molecular weight excluding hydrogens is 176 g/mol. The lowest BCUT2D eigenvalue weighted by Crippen LogP contribution is -2.59. The van der Waals surface area contributed by atoms with Gasteiger partial charge in [0.05, 0.1) is 5.41 Å². The molecule has 0 aromatic heterocycles. The number of piperidine rings is 1. The number of hydrogen-bond donors (Lipinski definition) is 1. The summed E-state index contributed by atoms with van der Waals surface area (Å²) < 4.78 is 0. The number of β-lactam (4-membered cyclic amide) rings is 1. The molecule has 0 unspecified atom stereocenters. The van der Waals surface area contributed by atoms with Crippen LogP contribution in [0.3, 0.4) is 0 Å². The van der Waals surface area contributed by atoms with E-state index in [-0.39, 0.29) is 5.41 Å². The molecule has 0 aromatic carbocycles. The zero-order valence-corrected chi connectivity index (χ0v) is 9.18. The Morgan fingerprint density at radius 1 is 1.43 bits per heavy atom. The van der Waals surface area contributed by atoms with Gasteiger partial charge in [0.25, 0.3) is 0 Å². The molecule has 0 aromatic rings. The van der Waals surface area contributed by atoms with E-state index in [9.17, 15) is 4.79 Å². The first kappa shape index (κ1) is 9.97. The van der Waals surface area contributed by atoms with Gasteiger partial charge in [-0.05, 0) is 45.7 Å². The number of nitrogens with one attached hydrogen (secondary N) is 1. The second kappa shape index (κ2) is 3.54. The smallest absolute Gasteiger partial charge is 0.230 e. The van der Waals surface area contributed by atoms with Crippen molar-refractivity contribution in [1.82, 2.24) is 10.2 Å². The van der Waals surface area contributed by atoms with E-state index in [1.165, 1.54) is 12.8 Å². The van der Waals surface area contributed by atoms with Gasteiger partial charge in [-0.1, -0.05) is 0 Å². The molecule has 2 heterocycles. The van der Waals surface area contributed by atoms with Crippen molar-refractivity contribution in [2.75, 3.05) is 26.2 Å². The lowest BCUT2D eigenvalue weighted by molar-refractivity contribution is -0.157. The number of likely N-dealkylation sites (tertiary alicyclic amines) is 1. The van der Waals surface area contributed by atoms with Crippen LogP contribution in [0.4, 0.5) is 0 Å². The van der Waals surface area contributed by atoms with Gasteiger partial charge in [0.2, 0.25) is 5.91 Å². The first-order valence-corrected chi connectivity index (χ1v) is 5.60. The Morgan fingerprint density at radius 2 is 2.07 bits per heavy atom. The van der Waals surface area contributed by atoms with Gasteiger partial charge < -0.3 is 10.2 Å². The summed E-state index contributed by atoms with van der Waals surface area (Å²) in [6, 6.07) is 0. The summed E-state index contributed by atoms with van der Waals surface area (Å²) in [6.07, 6.45) is 2.45. The largest absolute Gasteiger partial charge is 0.341 e. The number of carbonyl (C=O) groups is 1. The van der Waals surface area contributed by atoms with Crippen LogP contribution >= 0.6 is 0 Å². The van der Waals surface area contributed by atoms with Crippen molar-refractivity contribution in [3.8, 4) is 0 Å². The van der Waals surface area contributed by atoms with Crippen molar-refractivity contribution < 1.29 is 4.79 Å². The summed E-state index contributed by atoms with van der Waals surface area (Å²) in [4.78, 5) is 13.7. The predicted molar refractivity (Wildman–Crippen MR) is 56.0 cm³/mol. The second-order valence-corrected chi connectivity index (χ2v) is 5.26. The number of hydrogen-bond acceptors (Lipinski definition) is 2. The van der Waals surface area contributed by atoms with Gasteiger partial charge in [-0.25, -0.2) is 0 Å². The van der Waals surface area contributed by atoms with Gasteiger partial charge >= 0.3 is 0 Å². The highest BCUT2D eigenvalue weighted by Gasteiger charge is 2.44. The third kappa shape index (κ3) is 1.78.